The second-order valence-corrected chi connectivity index (χ2v) is 12.3. The minimum Gasteiger partial charge on any atom is -0.489 e. The topological polar surface area (TPSA) is 92.8 Å². The normalized spacial score (nSPS) is 24.2. The van der Waals surface area contributed by atoms with E-state index in [-0.39, 0.29) is 24.0 Å². The summed E-state index contributed by atoms with van der Waals surface area (Å²) in [5.41, 5.74) is 3.31. The number of carboxylic acids is 1. The molecule has 0 radical (unpaired) electrons. The number of ether oxygens (including phenoxy) is 1. The molecule has 3 aliphatic rings. The van der Waals surface area contributed by atoms with Gasteiger partial charge in [0, 0.05) is 22.4 Å². The maximum absolute atomic E-state index is 11.4. The zero-order valence-electron chi connectivity index (χ0n) is 21.8. The molecule has 2 saturated carbocycles. The number of aryl methyl sites for hydroxylation is 1. The summed E-state index contributed by atoms with van der Waals surface area (Å²) in [5, 5.41) is 26.6. The van der Waals surface area contributed by atoms with Gasteiger partial charge in [0.1, 0.15) is 23.8 Å². The summed E-state index contributed by atoms with van der Waals surface area (Å²) in [6.07, 6.45) is 7.35. The third-order valence-electron chi connectivity index (χ3n) is 8.33. The summed E-state index contributed by atoms with van der Waals surface area (Å²) < 4.78 is 11.9. The van der Waals surface area contributed by atoms with Crippen LogP contribution in [-0.4, -0.2) is 26.9 Å². The third-order valence-corrected chi connectivity index (χ3v) is 9.33. The second-order valence-electron chi connectivity index (χ2n) is 11.0. The van der Waals surface area contributed by atoms with Crippen molar-refractivity contribution >= 4 is 40.8 Å². The van der Waals surface area contributed by atoms with E-state index in [1.54, 1.807) is 36.4 Å². The number of halogens is 3. The molecule has 6 rings (SSSR count). The summed E-state index contributed by atoms with van der Waals surface area (Å²) in [6, 6.07) is 10.5. The molecule has 2 N–H and O–H groups in total. The number of hydrogen-bond donors (Lipinski definition) is 2. The number of rotatable bonds is 8. The lowest BCUT2D eigenvalue weighted by atomic mass is 9.60. The van der Waals surface area contributed by atoms with Crippen LogP contribution < -0.4 is 0 Å². The molecule has 1 atom stereocenters. The van der Waals surface area contributed by atoms with Crippen molar-refractivity contribution in [2.45, 2.75) is 63.1 Å². The molecule has 3 aliphatic carbocycles. The van der Waals surface area contributed by atoms with Gasteiger partial charge < -0.3 is 19.5 Å². The van der Waals surface area contributed by atoms with Crippen molar-refractivity contribution in [1.82, 2.24) is 5.16 Å². The van der Waals surface area contributed by atoms with Gasteiger partial charge in [-0.25, -0.2) is 4.79 Å². The molecule has 1 aromatic heterocycles. The predicted octanol–water partition coefficient (Wildman–Crippen LogP) is 8.38. The van der Waals surface area contributed by atoms with Crippen molar-refractivity contribution in [3.05, 3.63) is 97.4 Å². The fourth-order valence-corrected chi connectivity index (χ4v) is 6.91. The average molecular weight is 601 g/mol. The molecule has 0 amide bonds. The molecule has 2 fully saturated rings. The number of nitrogens with zero attached hydrogens (tertiary/aromatic N) is 1. The van der Waals surface area contributed by atoms with Crippen molar-refractivity contribution < 1.29 is 24.3 Å². The van der Waals surface area contributed by atoms with E-state index in [1.807, 2.05) is 19.1 Å². The fourth-order valence-electron chi connectivity index (χ4n) is 5.93. The Morgan fingerprint density at radius 1 is 1.12 bits per heavy atom. The van der Waals surface area contributed by atoms with Gasteiger partial charge in [0.05, 0.1) is 26.8 Å². The summed E-state index contributed by atoms with van der Waals surface area (Å²) in [6.45, 7) is 2.18. The third kappa shape index (κ3) is 5.07. The molecule has 2 aromatic carbocycles. The van der Waals surface area contributed by atoms with Gasteiger partial charge in [-0.2, -0.15) is 0 Å². The van der Waals surface area contributed by atoms with Crippen LogP contribution in [0.5, 0.6) is 0 Å². The van der Waals surface area contributed by atoms with Gasteiger partial charge in [0.25, 0.3) is 0 Å². The van der Waals surface area contributed by atoms with Gasteiger partial charge in [0.15, 0.2) is 0 Å². The molecule has 40 heavy (non-hydrogen) atoms. The average Bonchev–Trinajstić information content (AvgIpc) is 3.66. The number of carbonyl (C=O) groups is 1. The van der Waals surface area contributed by atoms with Crippen molar-refractivity contribution in [3.63, 3.8) is 0 Å². The van der Waals surface area contributed by atoms with Crippen molar-refractivity contribution in [1.29, 1.82) is 0 Å². The van der Waals surface area contributed by atoms with E-state index >= 15 is 0 Å². The van der Waals surface area contributed by atoms with Crippen molar-refractivity contribution in [2.24, 2.45) is 5.92 Å². The zero-order valence-corrected chi connectivity index (χ0v) is 24.1. The standard InChI is InChI=1S/C31H28Cl3NO5/c1-16-5-6-18(30(36)37)11-21(16)19-13-31(38,14-19)23-10-9-20(12-26(23)34)39-15-22-28(35-40-29(22)17-7-8-17)27-24(32)3-2-4-25(27)33/h2-6,9,11-12,17,19,23,38H,7-8,10,13-15H2,1H3,(H,36,37). The fraction of sp³-hybridized carbons (Fsp3) is 0.355. The predicted molar refractivity (Wildman–Crippen MR) is 154 cm³/mol. The number of aromatic nitrogens is 1. The molecule has 3 aromatic rings. The van der Waals surface area contributed by atoms with Crippen LogP contribution in [0.25, 0.3) is 11.3 Å². The number of aromatic carboxylic acids is 1. The Morgan fingerprint density at radius 2 is 1.85 bits per heavy atom. The van der Waals surface area contributed by atoms with Crippen LogP contribution in [0.4, 0.5) is 0 Å². The molecule has 0 spiro atoms. The SMILES string of the molecule is Cc1ccc(C(=O)O)cc1C1CC(O)(C2CC=C(OCc3c(-c4c(Cl)cccc4Cl)noc3C3CC3)C=C2Cl)C1. The highest BCUT2D eigenvalue weighted by Crippen LogP contribution is 2.54. The summed E-state index contributed by atoms with van der Waals surface area (Å²) in [5.74, 6) is 0.600. The molecule has 0 bridgehead atoms. The van der Waals surface area contributed by atoms with E-state index in [4.69, 9.17) is 44.1 Å². The monoisotopic (exact) mass is 599 g/mol. The Kier molecular flexibility index (Phi) is 7.24. The lowest BCUT2D eigenvalue weighted by molar-refractivity contribution is -0.0837. The first-order valence-electron chi connectivity index (χ1n) is 13.3. The molecule has 1 unspecified atom stereocenters. The van der Waals surface area contributed by atoms with Gasteiger partial charge in [0.2, 0.25) is 0 Å². The lowest BCUT2D eigenvalue weighted by Gasteiger charge is -2.49. The van der Waals surface area contributed by atoms with E-state index in [2.05, 4.69) is 5.16 Å². The maximum atomic E-state index is 11.4. The van der Waals surface area contributed by atoms with Gasteiger partial charge >= 0.3 is 5.97 Å². The molecular formula is C31H28Cl3NO5. The first-order chi connectivity index (χ1) is 19.1. The second kappa shape index (κ2) is 10.6. The van der Waals surface area contributed by atoms with E-state index in [0.29, 0.717) is 57.3 Å². The van der Waals surface area contributed by atoms with Crippen LogP contribution >= 0.6 is 34.8 Å². The highest BCUT2D eigenvalue weighted by Gasteiger charge is 2.50. The van der Waals surface area contributed by atoms with E-state index in [9.17, 15) is 15.0 Å². The first-order valence-corrected chi connectivity index (χ1v) is 14.5. The van der Waals surface area contributed by atoms with Gasteiger partial charge in [-0.1, -0.05) is 52.1 Å². The molecule has 0 saturated heterocycles. The zero-order chi connectivity index (χ0) is 28.2. The highest BCUT2D eigenvalue weighted by atomic mass is 35.5. The van der Waals surface area contributed by atoms with Crippen LogP contribution in [0.2, 0.25) is 10.0 Å². The Hall–Kier alpha value is -2.77. The first kappa shape index (κ1) is 27.4. The highest BCUT2D eigenvalue weighted by molar-refractivity contribution is 6.39. The number of aliphatic hydroxyl groups is 1. The minimum atomic E-state index is -0.965. The van der Waals surface area contributed by atoms with Crippen LogP contribution in [0.3, 0.4) is 0 Å². The van der Waals surface area contributed by atoms with Crippen LogP contribution in [0.1, 0.15) is 76.7 Å². The Bertz CT molecular complexity index is 1530. The number of benzene rings is 2. The smallest absolute Gasteiger partial charge is 0.335 e. The van der Waals surface area contributed by atoms with Crippen LogP contribution in [0, 0.1) is 12.8 Å². The maximum Gasteiger partial charge on any atom is 0.335 e. The largest absolute Gasteiger partial charge is 0.489 e. The van der Waals surface area contributed by atoms with E-state index < -0.39 is 11.6 Å². The van der Waals surface area contributed by atoms with E-state index in [0.717, 1.165) is 35.3 Å². The van der Waals surface area contributed by atoms with Crippen molar-refractivity contribution in [2.75, 3.05) is 0 Å². The van der Waals surface area contributed by atoms with Gasteiger partial charge in [-0.3, -0.25) is 0 Å². The summed E-state index contributed by atoms with van der Waals surface area (Å²) in [4.78, 5) is 11.4. The molecule has 6 nitrogen and oxygen atoms in total. The number of carboxylic acid groups (broad SMARTS) is 1. The molecular weight excluding hydrogens is 573 g/mol. The lowest BCUT2D eigenvalue weighted by Crippen LogP contribution is -2.49. The number of allylic oxidation sites excluding steroid dienone is 2. The van der Waals surface area contributed by atoms with Crippen molar-refractivity contribution in [3.8, 4) is 11.3 Å². The summed E-state index contributed by atoms with van der Waals surface area (Å²) >= 11 is 19.7. The molecule has 208 valence electrons. The van der Waals surface area contributed by atoms with E-state index in [1.165, 1.54) is 0 Å². The van der Waals surface area contributed by atoms with Crippen LogP contribution in [0.15, 0.2) is 63.9 Å². The Balaban J connectivity index is 1.15. The van der Waals surface area contributed by atoms with Gasteiger partial charge in [-0.15, -0.1) is 0 Å². The molecule has 9 heteroatoms. The number of hydrogen-bond acceptors (Lipinski definition) is 5. The molecule has 0 aliphatic heterocycles. The minimum absolute atomic E-state index is 0.0832. The molecule has 1 heterocycles. The Labute approximate surface area is 247 Å². The quantitative estimate of drug-likeness (QED) is 0.270. The Morgan fingerprint density at radius 3 is 2.50 bits per heavy atom. The van der Waals surface area contributed by atoms with Crippen LogP contribution in [-0.2, 0) is 11.3 Å². The van der Waals surface area contributed by atoms with Gasteiger partial charge in [-0.05, 0) is 92.5 Å². The summed E-state index contributed by atoms with van der Waals surface area (Å²) in [7, 11) is 0.